The highest BCUT2D eigenvalue weighted by Gasteiger charge is 2.07. The van der Waals surface area contributed by atoms with Gasteiger partial charge in [0.15, 0.2) is 0 Å². The molecule has 0 unspecified atom stereocenters. The number of nitrogens with one attached hydrogen (secondary N) is 1. The predicted octanol–water partition coefficient (Wildman–Crippen LogP) is 1.81. The summed E-state index contributed by atoms with van der Waals surface area (Å²) >= 11 is 4.57. The Labute approximate surface area is 110 Å². The van der Waals surface area contributed by atoms with Gasteiger partial charge in [0.1, 0.15) is 5.01 Å². The van der Waals surface area contributed by atoms with E-state index in [1.54, 1.807) is 12.1 Å². The van der Waals surface area contributed by atoms with Crippen molar-refractivity contribution >= 4 is 38.3 Å². The van der Waals surface area contributed by atoms with E-state index >= 15 is 0 Å². The fraction of sp³-hybridized carbons (Fsp3) is 0.100. The summed E-state index contributed by atoms with van der Waals surface area (Å²) in [4.78, 5) is 11.8. The Morgan fingerprint density at radius 3 is 2.94 bits per heavy atom. The molecule has 0 radical (unpaired) electrons. The van der Waals surface area contributed by atoms with Crippen LogP contribution in [-0.2, 0) is 6.54 Å². The van der Waals surface area contributed by atoms with E-state index in [0.717, 1.165) is 4.47 Å². The SMILES string of the molecule is Nc1nnc(CNC(=O)c2cccc(Br)c2)s1. The Morgan fingerprint density at radius 1 is 1.47 bits per heavy atom. The lowest BCUT2D eigenvalue weighted by Crippen LogP contribution is -2.22. The van der Waals surface area contributed by atoms with Gasteiger partial charge in [-0.3, -0.25) is 4.79 Å². The van der Waals surface area contributed by atoms with Gasteiger partial charge in [-0.25, -0.2) is 0 Å². The summed E-state index contributed by atoms with van der Waals surface area (Å²) in [5.41, 5.74) is 6.04. The number of benzene rings is 1. The van der Waals surface area contributed by atoms with Gasteiger partial charge in [-0.1, -0.05) is 33.3 Å². The second-order valence-corrected chi connectivity index (χ2v) is 5.24. The number of halogens is 1. The smallest absolute Gasteiger partial charge is 0.251 e. The van der Waals surface area contributed by atoms with Gasteiger partial charge in [0.25, 0.3) is 5.91 Å². The standard InChI is InChI=1S/C10H9BrN4OS/c11-7-3-1-2-6(4-7)9(16)13-5-8-14-15-10(12)17-8/h1-4H,5H2,(H2,12,15)(H,13,16). The molecule has 0 spiro atoms. The molecule has 0 aliphatic rings. The molecule has 2 rings (SSSR count). The van der Waals surface area contributed by atoms with Gasteiger partial charge in [-0.15, -0.1) is 10.2 Å². The average molecular weight is 313 g/mol. The molecule has 1 aromatic heterocycles. The van der Waals surface area contributed by atoms with Crippen LogP contribution in [0, 0.1) is 0 Å². The van der Waals surface area contributed by atoms with E-state index in [0.29, 0.717) is 22.2 Å². The fourth-order valence-electron chi connectivity index (χ4n) is 1.23. The maximum absolute atomic E-state index is 11.8. The van der Waals surface area contributed by atoms with E-state index in [1.807, 2.05) is 12.1 Å². The molecule has 0 bridgehead atoms. The number of rotatable bonds is 3. The minimum atomic E-state index is -0.153. The van der Waals surface area contributed by atoms with E-state index in [2.05, 4.69) is 31.4 Å². The van der Waals surface area contributed by atoms with Crippen molar-refractivity contribution in [3.8, 4) is 0 Å². The first-order valence-corrected chi connectivity index (χ1v) is 6.38. The minimum Gasteiger partial charge on any atom is -0.374 e. The first kappa shape index (κ1) is 12.0. The molecule has 2 aromatic rings. The first-order chi connectivity index (χ1) is 8.15. The second-order valence-electron chi connectivity index (χ2n) is 3.23. The van der Waals surface area contributed by atoms with Crippen LogP contribution in [0.25, 0.3) is 0 Å². The second kappa shape index (κ2) is 5.24. The zero-order valence-corrected chi connectivity index (χ0v) is 11.1. The predicted molar refractivity (Wildman–Crippen MR) is 69.6 cm³/mol. The monoisotopic (exact) mass is 312 g/mol. The topological polar surface area (TPSA) is 80.9 Å². The normalized spacial score (nSPS) is 10.2. The summed E-state index contributed by atoms with van der Waals surface area (Å²) < 4.78 is 0.866. The number of nitrogens with two attached hydrogens (primary N) is 1. The molecule has 0 saturated heterocycles. The zero-order chi connectivity index (χ0) is 12.3. The van der Waals surface area contributed by atoms with E-state index in [-0.39, 0.29) is 5.91 Å². The molecule has 1 heterocycles. The van der Waals surface area contributed by atoms with Crippen molar-refractivity contribution in [2.75, 3.05) is 5.73 Å². The molecule has 88 valence electrons. The lowest BCUT2D eigenvalue weighted by molar-refractivity contribution is 0.0951. The summed E-state index contributed by atoms with van der Waals surface area (Å²) in [6.07, 6.45) is 0. The fourth-order valence-corrected chi connectivity index (χ4v) is 2.17. The average Bonchev–Trinajstić information content (AvgIpc) is 2.72. The highest BCUT2D eigenvalue weighted by Crippen LogP contribution is 2.13. The molecule has 1 aromatic carbocycles. The van der Waals surface area contributed by atoms with E-state index in [4.69, 9.17) is 5.73 Å². The van der Waals surface area contributed by atoms with Crippen molar-refractivity contribution in [1.29, 1.82) is 0 Å². The van der Waals surface area contributed by atoms with Gasteiger partial charge in [0, 0.05) is 10.0 Å². The van der Waals surface area contributed by atoms with Crippen LogP contribution in [0.15, 0.2) is 28.7 Å². The van der Waals surface area contributed by atoms with Gasteiger partial charge in [-0.2, -0.15) is 0 Å². The molecular weight excluding hydrogens is 304 g/mol. The van der Waals surface area contributed by atoms with Crippen LogP contribution in [0.2, 0.25) is 0 Å². The van der Waals surface area contributed by atoms with Crippen molar-refractivity contribution in [2.24, 2.45) is 0 Å². The zero-order valence-electron chi connectivity index (χ0n) is 8.68. The maximum atomic E-state index is 11.8. The third kappa shape index (κ3) is 3.24. The molecule has 0 aliphatic carbocycles. The van der Waals surface area contributed by atoms with Crippen LogP contribution >= 0.6 is 27.3 Å². The summed E-state index contributed by atoms with van der Waals surface area (Å²) in [6.45, 7) is 0.334. The third-order valence-electron chi connectivity index (χ3n) is 1.97. The van der Waals surface area contributed by atoms with Crippen LogP contribution in [0.5, 0.6) is 0 Å². The van der Waals surface area contributed by atoms with Gasteiger partial charge in [0.2, 0.25) is 5.13 Å². The number of carbonyl (C=O) groups excluding carboxylic acids is 1. The van der Waals surface area contributed by atoms with Crippen molar-refractivity contribution in [3.63, 3.8) is 0 Å². The number of carbonyl (C=O) groups is 1. The summed E-state index contributed by atoms with van der Waals surface area (Å²) in [5.74, 6) is -0.153. The number of anilines is 1. The van der Waals surface area contributed by atoms with E-state index in [1.165, 1.54) is 11.3 Å². The molecule has 17 heavy (non-hydrogen) atoms. The molecular formula is C10H9BrN4OS. The number of nitrogens with zero attached hydrogens (tertiary/aromatic N) is 2. The lowest BCUT2D eigenvalue weighted by atomic mass is 10.2. The van der Waals surface area contributed by atoms with Crippen LogP contribution in [0.3, 0.4) is 0 Å². The lowest BCUT2D eigenvalue weighted by Gasteiger charge is -2.02. The molecule has 1 amide bonds. The molecule has 3 N–H and O–H groups in total. The third-order valence-corrected chi connectivity index (χ3v) is 3.22. The summed E-state index contributed by atoms with van der Waals surface area (Å²) in [6, 6.07) is 7.17. The highest BCUT2D eigenvalue weighted by molar-refractivity contribution is 9.10. The Hall–Kier alpha value is -1.47. The van der Waals surface area contributed by atoms with Gasteiger partial charge >= 0.3 is 0 Å². The van der Waals surface area contributed by atoms with E-state index < -0.39 is 0 Å². The number of hydrogen-bond donors (Lipinski definition) is 2. The Morgan fingerprint density at radius 2 is 2.29 bits per heavy atom. The van der Waals surface area contributed by atoms with Crippen LogP contribution in [0.4, 0.5) is 5.13 Å². The summed E-state index contributed by atoms with van der Waals surface area (Å²) in [5, 5.41) is 11.3. The highest BCUT2D eigenvalue weighted by atomic mass is 79.9. The largest absolute Gasteiger partial charge is 0.374 e. The molecule has 0 saturated carbocycles. The van der Waals surface area contributed by atoms with Crippen molar-refractivity contribution in [1.82, 2.24) is 15.5 Å². The van der Waals surface area contributed by atoms with Crippen LogP contribution in [0.1, 0.15) is 15.4 Å². The maximum Gasteiger partial charge on any atom is 0.251 e. The number of hydrogen-bond acceptors (Lipinski definition) is 5. The van der Waals surface area contributed by atoms with Crippen molar-refractivity contribution in [2.45, 2.75) is 6.54 Å². The molecule has 0 aliphatic heterocycles. The summed E-state index contributed by atoms with van der Waals surface area (Å²) in [7, 11) is 0. The molecule has 5 nitrogen and oxygen atoms in total. The Kier molecular flexibility index (Phi) is 3.70. The first-order valence-electron chi connectivity index (χ1n) is 4.77. The molecule has 7 heteroatoms. The molecule has 0 atom stereocenters. The van der Waals surface area contributed by atoms with Gasteiger partial charge in [0.05, 0.1) is 6.54 Å². The minimum absolute atomic E-state index is 0.153. The van der Waals surface area contributed by atoms with Crippen LogP contribution in [-0.4, -0.2) is 16.1 Å². The Balaban J connectivity index is 1.98. The van der Waals surface area contributed by atoms with Gasteiger partial charge in [-0.05, 0) is 18.2 Å². The number of nitrogen functional groups attached to an aromatic ring is 1. The number of amides is 1. The molecule has 0 fully saturated rings. The van der Waals surface area contributed by atoms with E-state index in [9.17, 15) is 4.79 Å². The quantitative estimate of drug-likeness (QED) is 0.905. The number of aromatic nitrogens is 2. The van der Waals surface area contributed by atoms with Crippen molar-refractivity contribution < 1.29 is 4.79 Å². The Bertz CT molecular complexity index is 543. The van der Waals surface area contributed by atoms with Crippen molar-refractivity contribution in [3.05, 3.63) is 39.3 Å². The van der Waals surface area contributed by atoms with Gasteiger partial charge < -0.3 is 11.1 Å². The van der Waals surface area contributed by atoms with Crippen LogP contribution < -0.4 is 11.1 Å².